The second kappa shape index (κ2) is 23.5. The van der Waals surface area contributed by atoms with Crippen LogP contribution in [-0.4, -0.2) is 33.2 Å². The Labute approximate surface area is 368 Å². The maximum Gasteiger partial charge on any atom is 2.00 e. The molecule has 0 unspecified atom stereocenters. The Morgan fingerprint density at radius 1 is 0.492 bits per heavy atom. The average Bonchev–Trinajstić information content (AvgIpc) is 3.23. The van der Waals surface area contributed by atoms with Gasteiger partial charge >= 0.3 is 52.5 Å². The molecule has 4 aromatic carbocycles. The number of unbranched alkanes of at least 4 members (excludes halogenated alkanes) is 1. The van der Waals surface area contributed by atoms with Gasteiger partial charge < -0.3 is 9.90 Å². The average molecular weight is 979 g/mol. The molecule has 0 fully saturated rings. The second-order valence-electron chi connectivity index (χ2n) is 13.3. The maximum atomic E-state index is 10.0. The van der Waals surface area contributed by atoms with Crippen LogP contribution in [0, 0.1) is 13.8 Å². The standard InChI is InChI=1S/C28H28P2.C12H12N2.C6H5NO2.F6P.Ru/c1-5-15-25(16-6-1)29(26-17-7-2-8-18-26)23-13-14-24-30(27-19-9-3-10-20-27)28-21-11-4-12-22-28;1-9-3-5-13-11(7-9)12-8-10(2)4-6-14-12;8-6(9)5-3-1-2-4-7-5;1-7(2,3,4,5)6;/h1-12,15-22H,13-14,23-24H2;3-8H,1-2H3;1-4H,(H,8,9);;/q;;;-1;+2/p-1. The van der Waals surface area contributed by atoms with Crippen molar-refractivity contribution in [2.45, 2.75) is 26.7 Å². The monoisotopic (exact) mass is 979 g/mol. The number of benzene rings is 4. The molecule has 5 nitrogen and oxygen atoms in total. The number of hydrogen-bond acceptors (Lipinski definition) is 5. The molecule has 7 aromatic rings. The molecule has 320 valence electrons. The van der Waals surface area contributed by atoms with Gasteiger partial charge in [-0.05, 0) is 124 Å². The first-order valence-electron chi connectivity index (χ1n) is 18.7. The molecular formula is C46H44F6N3O2P3Ru. The third-order valence-corrected chi connectivity index (χ3v) is 13.5. The van der Waals surface area contributed by atoms with Gasteiger partial charge in [-0.15, -0.1) is 0 Å². The van der Waals surface area contributed by atoms with E-state index in [2.05, 4.69) is 150 Å². The summed E-state index contributed by atoms with van der Waals surface area (Å²) < 4.78 is 59.2. The van der Waals surface area contributed by atoms with Crippen LogP contribution in [0.1, 0.15) is 34.5 Å². The van der Waals surface area contributed by atoms with Gasteiger partial charge in [-0.2, -0.15) is 0 Å². The second-order valence-corrected chi connectivity index (χ2v) is 19.8. The molecule has 15 heteroatoms. The minimum absolute atomic E-state index is 0. The van der Waals surface area contributed by atoms with E-state index in [4.69, 9.17) is 0 Å². The SMILES string of the molecule is Cc1ccnc(-c2cc(C)ccn2)c1.F[P-](F)(F)(F)(F)F.O=C([O-])c1ccccn1.[Ru+2].c1ccc(P(CCCCP(c2ccccc2)c2ccccc2)c2ccccc2)cc1. The van der Waals surface area contributed by atoms with E-state index in [1.807, 2.05) is 36.7 Å². The number of rotatable bonds is 11. The Bertz CT molecular complexity index is 2120. The van der Waals surface area contributed by atoms with Gasteiger partial charge in [-0.25, -0.2) is 0 Å². The van der Waals surface area contributed by atoms with Crippen LogP contribution in [0.25, 0.3) is 11.4 Å². The molecular weight excluding hydrogens is 935 g/mol. The Balaban J connectivity index is 0.000000263. The molecule has 7 rings (SSSR count). The van der Waals surface area contributed by atoms with Crippen molar-refractivity contribution in [2.75, 3.05) is 12.3 Å². The molecule has 0 amide bonds. The van der Waals surface area contributed by atoms with Gasteiger partial charge in [0.15, 0.2) is 0 Å². The molecule has 0 bridgehead atoms. The molecule has 0 aliphatic carbocycles. The molecule has 0 spiro atoms. The van der Waals surface area contributed by atoms with Crippen molar-refractivity contribution in [2.24, 2.45) is 0 Å². The van der Waals surface area contributed by atoms with Gasteiger partial charge in [-0.3, -0.25) is 15.0 Å². The number of carbonyl (C=O) groups excluding carboxylic acids is 1. The summed E-state index contributed by atoms with van der Waals surface area (Å²) in [7, 11) is -11.2. The van der Waals surface area contributed by atoms with E-state index < -0.39 is 13.8 Å². The van der Waals surface area contributed by atoms with Gasteiger partial charge in [0.25, 0.3) is 0 Å². The summed E-state index contributed by atoms with van der Waals surface area (Å²) in [6, 6.07) is 57.0. The molecule has 3 aromatic heterocycles. The fraction of sp³-hybridized carbons (Fsp3) is 0.130. The van der Waals surface area contributed by atoms with Crippen molar-refractivity contribution in [3.8, 4) is 11.4 Å². The third-order valence-electron chi connectivity index (χ3n) is 8.25. The molecule has 0 saturated carbocycles. The van der Waals surface area contributed by atoms with E-state index in [0.717, 1.165) is 11.4 Å². The van der Waals surface area contributed by atoms with Gasteiger partial charge in [0.05, 0.1) is 23.1 Å². The van der Waals surface area contributed by atoms with E-state index in [-0.39, 0.29) is 41.0 Å². The van der Waals surface area contributed by atoms with Crippen molar-refractivity contribution in [3.63, 3.8) is 0 Å². The molecule has 0 N–H and O–H groups in total. The molecule has 0 saturated heterocycles. The van der Waals surface area contributed by atoms with Crippen LogP contribution < -0.4 is 26.3 Å². The molecule has 0 radical (unpaired) electrons. The van der Waals surface area contributed by atoms with Crippen molar-refractivity contribution >= 4 is 50.8 Å². The molecule has 3 heterocycles. The van der Waals surface area contributed by atoms with E-state index in [0.29, 0.717) is 0 Å². The van der Waals surface area contributed by atoms with Crippen LogP contribution in [0.2, 0.25) is 0 Å². The summed E-state index contributed by atoms with van der Waals surface area (Å²) in [4.78, 5) is 22.1. The third kappa shape index (κ3) is 21.1. The van der Waals surface area contributed by atoms with Crippen LogP contribution in [0.5, 0.6) is 0 Å². The number of pyridine rings is 3. The Hall–Kier alpha value is -4.71. The zero-order valence-corrected chi connectivity index (χ0v) is 37.7. The summed E-state index contributed by atoms with van der Waals surface area (Å²) in [5, 5.41) is 16.0. The minimum atomic E-state index is -10.7. The van der Waals surface area contributed by atoms with E-state index in [1.54, 1.807) is 12.1 Å². The summed E-state index contributed by atoms with van der Waals surface area (Å²) in [5.74, 6) is -1.24. The first kappa shape index (κ1) is 50.6. The quantitative estimate of drug-likeness (QED) is 0.0558. The predicted octanol–water partition coefficient (Wildman–Crippen LogP) is 11.6. The fourth-order valence-corrected chi connectivity index (χ4v) is 10.5. The first-order valence-corrected chi connectivity index (χ1v) is 23.8. The van der Waals surface area contributed by atoms with E-state index in [9.17, 15) is 35.1 Å². The Morgan fingerprint density at radius 2 is 0.803 bits per heavy atom. The number of aryl methyl sites for hydroxylation is 2. The summed E-state index contributed by atoms with van der Waals surface area (Å²) in [5.41, 5.74) is 4.26. The maximum absolute atomic E-state index is 10.7. The Morgan fingerprint density at radius 3 is 1.05 bits per heavy atom. The van der Waals surface area contributed by atoms with Crippen LogP contribution >= 0.6 is 23.7 Å². The number of halogens is 6. The summed E-state index contributed by atoms with van der Waals surface area (Å²) in [6.45, 7) is 4.11. The largest absolute Gasteiger partial charge is 2.00 e. The van der Waals surface area contributed by atoms with E-state index in [1.165, 1.54) is 69.8 Å². The van der Waals surface area contributed by atoms with Crippen LogP contribution in [0.4, 0.5) is 25.2 Å². The predicted molar refractivity (Wildman–Crippen MR) is 236 cm³/mol. The van der Waals surface area contributed by atoms with Crippen molar-refractivity contribution in [3.05, 3.63) is 199 Å². The van der Waals surface area contributed by atoms with Crippen molar-refractivity contribution in [1.29, 1.82) is 0 Å². The zero-order chi connectivity index (χ0) is 43.5. The van der Waals surface area contributed by atoms with Gasteiger partial charge in [0, 0.05) is 18.6 Å². The number of carbonyl (C=O) groups is 1. The molecule has 61 heavy (non-hydrogen) atoms. The summed E-state index contributed by atoms with van der Waals surface area (Å²) in [6.07, 6.45) is 10.1. The number of hydrogen-bond donors (Lipinski definition) is 0. The van der Waals surface area contributed by atoms with Crippen LogP contribution in [-0.2, 0) is 19.5 Å². The molecule has 0 atom stereocenters. The van der Waals surface area contributed by atoms with Gasteiger partial charge in [0.1, 0.15) is 0 Å². The van der Waals surface area contributed by atoms with Crippen LogP contribution in [0.15, 0.2) is 182 Å². The topological polar surface area (TPSA) is 78.8 Å². The number of nitrogens with zero attached hydrogens (tertiary/aromatic N) is 3. The first-order chi connectivity index (χ1) is 28.4. The number of aromatic carboxylic acids is 1. The van der Waals surface area contributed by atoms with Crippen molar-refractivity contribution in [1.82, 2.24) is 15.0 Å². The zero-order valence-electron chi connectivity index (χ0n) is 33.3. The van der Waals surface area contributed by atoms with E-state index >= 15 is 0 Å². The Kier molecular flexibility index (Phi) is 19.5. The van der Waals surface area contributed by atoms with Gasteiger partial charge in [0.2, 0.25) is 0 Å². The number of aromatic nitrogens is 3. The van der Waals surface area contributed by atoms with Crippen LogP contribution in [0.3, 0.4) is 0 Å². The van der Waals surface area contributed by atoms with Crippen molar-refractivity contribution < 1.29 is 54.6 Å². The normalized spacial score (nSPS) is 11.8. The van der Waals surface area contributed by atoms with Gasteiger partial charge in [-0.1, -0.05) is 127 Å². The molecule has 0 aliphatic heterocycles. The number of carboxylic acid groups (broad SMARTS) is 1. The summed E-state index contributed by atoms with van der Waals surface area (Å²) >= 11 is 0. The molecule has 0 aliphatic rings. The number of carboxylic acids is 1. The fourth-order valence-electron chi connectivity index (χ4n) is 5.62. The minimum Gasteiger partial charge on any atom is -0.543 e. The smallest absolute Gasteiger partial charge is 0.543 e.